The maximum absolute atomic E-state index is 12.7. The Bertz CT molecular complexity index is 568. The molecule has 1 aliphatic rings. The van der Waals surface area contributed by atoms with E-state index in [0.29, 0.717) is 31.7 Å². The highest BCUT2D eigenvalue weighted by Crippen LogP contribution is 2.30. The quantitative estimate of drug-likeness (QED) is 0.841. The van der Waals surface area contributed by atoms with Gasteiger partial charge in [-0.25, -0.2) is 8.42 Å². The molecule has 2 rings (SSSR count). The molecule has 6 nitrogen and oxygen atoms in total. The number of hydrogen-bond donors (Lipinski definition) is 1. The average molecular weight is 300 g/mol. The predicted molar refractivity (Wildman–Crippen MR) is 76.2 cm³/mol. The predicted octanol–water partition coefficient (Wildman–Crippen LogP) is 1.08. The summed E-state index contributed by atoms with van der Waals surface area (Å²) in [6.07, 6.45) is 1.40. The van der Waals surface area contributed by atoms with Gasteiger partial charge in [0.25, 0.3) is 0 Å². The van der Waals surface area contributed by atoms with Gasteiger partial charge >= 0.3 is 0 Å². The normalized spacial score (nSPS) is 17.4. The van der Waals surface area contributed by atoms with E-state index >= 15 is 0 Å². The molecule has 1 aromatic rings. The van der Waals surface area contributed by atoms with Crippen molar-refractivity contribution < 1.29 is 17.9 Å². The van der Waals surface area contributed by atoms with Crippen LogP contribution < -0.4 is 10.5 Å². The van der Waals surface area contributed by atoms with Crippen molar-refractivity contribution in [3.63, 3.8) is 0 Å². The number of nitrogens with zero attached hydrogens (tertiary/aromatic N) is 1. The molecule has 0 unspecified atom stereocenters. The lowest BCUT2D eigenvalue weighted by atomic mass is 10.1. The number of hydrogen-bond acceptors (Lipinski definition) is 5. The second-order valence-electron chi connectivity index (χ2n) is 4.78. The topological polar surface area (TPSA) is 81.9 Å². The Morgan fingerprint density at radius 1 is 1.35 bits per heavy atom. The molecule has 1 saturated heterocycles. The van der Waals surface area contributed by atoms with Crippen molar-refractivity contribution in [3.8, 4) is 5.75 Å². The Kier molecular flexibility index (Phi) is 4.52. The molecule has 0 amide bonds. The van der Waals surface area contributed by atoms with Gasteiger partial charge in [-0.05, 0) is 25.0 Å². The van der Waals surface area contributed by atoms with Crippen molar-refractivity contribution in [2.75, 3.05) is 33.1 Å². The lowest BCUT2D eigenvalue weighted by molar-refractivity contribution is 0.0632. The molecule has 0 radical (unpaired) electrons. The summed E-state index contributed by atoms with van der Waals surface area (Å²) in [4.78, 5) is 0.142. The van der Waals surface area contributed by atoms with Crippen molar-refractivity contribution >= 4 is 15.7 Å². The standard InChI is InChI=1S/C13H20N2O4S/c1-15(11-5-7-19-8-6-11)20(16,17)13-4-3-10(14)9-12(13)18-2/h3-4,9,11H,5-8,14H2,1-2H3. The zero-order chi connectivity index (χ0) is 14.8. The van der Waals surface area contributed by atoms with Crippen molar-refractivity contribution in [1.82, 2.24) is 4.31 Å². The van der Waals surface area contributed by atoms with Gasteiger partial charge in [-0.15, -0.1) is 0 Å². The van der Waals surface area contributed by atoms with Crippen LogP contribution in [0.25, 0.3) is 0 Å². The molecular weight excluding hydrogens is 280 g/mol. The van der Waals surface area contributed by atoms with Gasteiger partial charge < -0.3 is 15.2 Å². The minimum atomic E-state index is -3.60. The summed E-state index contributed by atoms with van der Waals surface area (Å²) < 4.78 is 37.2. The minimum absolute atomic E-state index is 0.0454. The molecule has 20 heavy (non-hydrogen) atoms. The molecule has 7 heteroatoms. The zero-order valence-electron chi connectivity index (χ0n) is 11.7. The van der Waals surface area contributed by atoms with Gasteiger partial charge in [0.2, 0.25) is 10.0 Å². The Balaban J connectivity index is 2.34. The van der Waals surface area contributed by atoms with Crippen molar-refractivity contribution in [2.24, 2.45) is 0 Å². The molecule has 2 N–H and O–H groups in total. The maximum Gasteiger partial charge on any atom is 0.246 e. The van der Waals surface area contributed by atoms with E-state index in [1.165, 1.54) is 23.5 Å². The van der Waals surface area contributed by atoms with Crippen LogP contribution in [0.4, 0.5) is 5.69 Å². The van der Waals surface area contributed by atoms with Crippen molar-refractivity contribution in [3.05, 3.63) is 18.2 Å². The molecule has 0 aliphatic carbocycles. The third-order valence-electron chi connectivity index (χ3n) is 3.55. The fraction of sp³-hybridized carbons (Fsp3) is 0.538. The van der Waals surface area contributed by atoms with Crippen molar-refractivity contribution in [1.29, 1.82) is 0 Å². The first-order valence-electron chi connectivity index (χ1n) is 6.46. The van der Waals surface area contributed by atoms with E-state index in [2.05, 4.69) is 0 Å². The molecule has 1 aliphatic heterocycles. The summed E-state index contributed by atoms with van der Waals surface area (Å²) in [7, 11) is -0.570. The highest BCUT2D eigenvalue weighted by atomic mass is 32.2. The van der Waals surface area contributed by atoms with Crippen LogP contribution in [-0.4, -0.2) is 46.1 Å². The van der Waals surface area contributed by atoms with Crippen LogP contribution in [0.2, 0.25) is 0 Å². The first-order valence-corrected chi connectivity index (χ1v) is 7.90. The summed E-state index contributed by atoms with van der Waals surface area (Å²) in [5.41, 5.74) is 6.13. The minimum Gasteiger partial charge on any atom is -0.495 e. The van der Waals surface area contributed by atoms with Gasteiger partial charge in [-0.1, -0.05) is 0 Å². The van der Waals surface area contributed by atoms with E-state index in [0.717, 1.165) is 0 Å². The molecule has 1 aromatic carbocycles. The van der Waals surface area contributed by atoms with Gasteiger partial charge in [-0.3, -0.25) is 0 Å². The van der Waals surface area contributed by atoms with E-state index < -0.39 is 10.0 Å². The van der Waals surface area contributed by atoms with Crippen LogP contribution in [0.1, 0.15) is 12.8 Å². The zero-order valence-corrected chi connectivity index (χ0v) is 12.5. The van der Waals surface area contributed by atoms with Crippen LogP contribution >= 0.6 is 0 Å². The van der Waals surface area contributed by atoms with Crippen molar-refractivity contribution in [2.45, 2.75) is 23.8 Å². The summed E-state index contributed by atoms with van der Waals surface area (Å²) >= 11 is 0. The fourth-order valence-electron chi connectivity index (χ4n) is 2.30. The molecule has 0 spiro atoms. The number of methoxy groups -OCH3 is 1. The van der Waals surface area contributed by atoms with E-state index in [9.17, 15) is 8.42 Å². The second-order valence-corrected chi connectivity index (χ2v) is 6.74. The van der Waals surface area contributed by atoms with E-state index in [-0.39, 0.29) is 16.7 Å². The van der Waals surface area contributed by atoms with Gasteiger partial charge in [0.15, 0.2) is 0 Å². The Morgan fingerprint density at radius 2 is 2.00 bits per heavy atom. The molecule has 112 valence electrons. The summed E-state index contributed by atoms with van der Waals surface area (Å²) in [6, 6.07) is 4.52. The van der Waals surface area contributed by atoms with Gasteiger partial charge in [0.05, 0.1) is 7.11 Å². The lowest BCUT2D eigenvalue weighted by Gasteiger charge is -2.30. The third kappa shape index (κ3) is 2.89. The van der Waals surface area contributed by atoms with Crippen LogP contribution in [-0.2, 0) is 14.8 Å². The fourth-order valence-corrected chi connectivity index (χ4v) is 3.85. The lowest BCUT2D eigenvalue weighted by Crippen LogP contribution is -2.40. The number of nitrogen functional groups attached to an aromatic ring is 1. The van der Waals surface area contributed by atoms with E-state index in [1.807, 2.05) is 0 Å². The molecule has 0 atom stereocenters. The van der Waals surface area contributed by atoms with E-state index in [4.69, 9.17) is 15.2 Å². The monoisotopic (exact) mass is 300 g/mol. The maximum atomic E-state index is 12.7. The van der Waals surface area contributed by atoms with Gasteiger partial charge in [0, 0.05) is 38.1 Å². The Hall–Kier alpha value is -1.31. The number of nitrogens with two attached hydrogens (primary N) is 1. The number of benzene rings is 1. The van der Waals surface area contributed by atoms with Crippen LogP contribution in [0.15, 0.2) is 23.1 Å². The number of sulfonamides is 1. The summed E-state index contributed by atoms with van der Waals surface area (Å²) in [5, 5.41) is 0. The second kappa shape index (κ2) is 5.99. The number of ether oxygens (including phenoxy) is 2. The first-order chi connectivity index (χ1) is 9.46. The summed E-state index contributed by atoms with van der Waals surface area (Å²) in [5.74, 6) is 0.268. The molecule has 1 fully saturated rings. The SMILES string of the molecule is COc1cc(N)ccc1S(=O)(=O)N(C)C1CCOCC1. The van der Waals surface area contributed by atoms with Crippen LogP contribution in [0.3, 0.4) is 0 Å². The molecule has 1 heterocycles. The smallest absolute Gasteiger partial charge is 0.246 e. The van der Waals surface area contributed by atoms with Gasteiger partial charge in [-0.2, -0.15) is 4.31 Å². The number of rotatable bonds is 4. The van der Waals surface area contributed by atoms with E-state index in [1.54, 1.807) is 13.1 Å². The molecule has 0 aromatic heterocycles. The molecule has 0 saturated carbocycles. The average Bonchev–Trinajstić information content (AvgIpc) is 2.46. The molecular formula is C13H20N2O4S. The Morgan fingerprint density at radius 3 is 2.60 bits per heavy atom. The summed E-state index contributed by atoms with van der Waals surface area (Å²) in [6.45, 7) is 1.17. The van der Waals surface area contributed by atoms with Crippen LogP contribution in [0, 0.1) is 0 Å². The third-order valence-corrected chi connectivity index (χ3v) is 5.50. The number of anilines is 1. The molecule has 0 bridgehead atoms. The van der Waals surface area contributed by atoms with Crippen LogP contribution in [0.5, 0.6) is 5.75 Å². The highest BCUT2D eigenvalue weighted by molar-refractivity contribution is 7.89. The first kappa shape index (κ1) is 15.1. The van der Waals surface area contributed by atoms with Gasteiger partial charge in [0.1, 0.15) is 10.6 Å². The largest absolute Gasteiger partial charge is 0.495 e. The highest BCUT2D eigenvalue weighted by Gasteiger charge is 2.31. The Labute approximate surface area is 119 Å².